The van der Waals surface area contributed by atoms with Gasteiger partial charge in [-0.1, -0.05) is 30.3 Å². The maximum Gasteiger partial charge on any atom is 0.327 e. The predicted octanol–water partition coefficient (Wildman–Crippen LogP) is -1.36. The van der Waals surface area contributed by atoms with Gasteiger partial charge in [-0.2, -0.15) is 0 Å². The van der Waals surface area contributed by atoms with Gasteiger partial charge in [0.1, 0.15) is 6.04 Å². The molecular weight excluding hydrogens is 374 g/mol. The molecule has 3 atom stereocenters. The van der Waals surface area contributed by atoms with E-state index in [0.29, 0.717) is 5.56 Å². The van der Waals surface area contributed by atoms with Crippen molar-refractivity contribution < 1.29 is 39.3 Å². The molecule has 0 saturated carbocycles. The standard InChI is InChI=1S/C17H21N3O8/c18-10(7-13(21)22)15(25)20(16(26)11(19)8-14(23)24)12(17(27)28)6-9-4-2-1-3-5-9/h1-5,10-12H,6-8,18-19H2,(H,21,22)(H,23,24)(H,27,28)/t10-,11-,12-/m0/s1. The number of nitrogens with zero attached hydrogens (tertiary/aromatic N) is 1. The minimum Gasteiger partial charge on any atom is -0.481 e. The second-order valence-corrected chi connectivity index (χ2v) is 6.00. The lowest BCUT2D eigenvalue weighted by molar-refractivity contribution is -0.160. The summed E-state index contributed by atoms with van der Waals surface area (Å²) in [6, 6.07) is 2.88. The first kappa shape index (κ1) is 22.7. The van der Waals surface area contributed by atoms with Crippen molar-refractivity contribution in [3.8, 4) is 0 Å². The van der Waals surface area contributed by atoms with Gasteiger partial charge in [-0.15, -0.1) is 0 Å². The lowest BCUT2D eigenvalue weighted by Gasteiger charge is -2.31. The van der Waals surface area contributed by atoms with Crippen LogP contribution in [0, 0.1) is 0 Å². The third-order valence-corrected chi connectivity index (χ3v) is 3.77. The van der Waals surface area contributed by atoms with Crippen molar-refractivity contribution in [3.63, 3.8) is 0 Å². The summed E-state index contributed by atoms with van der Waals surface area (Å²) in [6.45, 7) is 0. The first-order valence-corrected chi connectivity index (χ1v) is 8.13. The number of hydrogen-bond acceptors (Lipinski definition) is 7. The Morgan fingerprint density at radius 1 is 0.821 bits per heavy atom. The third kappa shape index (κ3) is 6.45. The van der Waals surface area contributed by atoms with Crippen LogP contribution in [0.4, 0.5) is 0 Å². The van der Waals surface area contributed by atoms with Crippen LogP contribution in [0.25, 0.3) is 0 Å². The molecule has 0 aliphatic rings. The van der Waals surface area contributed by atoms with Gasteiger partial charge in [0.25, 0.3) is 0 Å². The fourth-order valence-electron chi connectivity index (χ4n) is 2.45. The zero-order chi connectivity index (χ0) is 21.4. The van der Waals surface area contributed by atoms with Gasteiger partial charge in [-0.25, -0.2) is 4.79 Å². The maximum atomic E-state index is 12.6. The van der Waals surface area contributed by atoms with Crippen LogP contribution in [0.15, 0.2) is 30.3 Å². The summed E-state index contributed by atoms with van der Waals surface area (Å²) in [4.78, 5) is 58.9. The van der Waals surface area contributed by atoms with Crippen molar-refractivity contribution in [2.75, 3.05) is 0 Å². The Labute approximate surface area is 159 Å². The molecule has 0 heterocycles. The molecule has 0 aromatic heterocycles. The molecule has 0 radical (unpaired) electrons. The van der Waals surface area contributed by atoms with Gasteiger partial charge < -0.3 is 26.8 Å². The van der Waals surface area contributed by atoms with E-state index in [0.717, 1.165) is 0 Å². The Kier molecular flexibility index (Phi) is 8.23. The molecule has 152 valence electrons. The van der Waals surface area contributed by atoms with Gasteiger partial charge in [0, 0.05) is 6.42 Å². The lowest BCUT2D eigenvalue weighted by atomic mass is 10.0. The zero-order valence-corrected chi connectivity index (χ0v) is 14.7. The molecule has 7 N–H and O–H groups in total. The van der Waals surface area contributed by atoms with E-state index in [1.54, 1.807) is 30.3 Å². The van der Waals surface area contributed by atoms with Gasteiger partial charge >= 0.3 is 17.9 Å². The Bertz CT molecular complexity index is 718. The van der Waals surface area contributed by atoms with Crippen LogP contribution < -0.4 is 11.5 Å². The lowest BCUT2D eigenvalue weighted by Crippen LogP contribution is -2.59. The quantitative estimate of drug-likeness (QED) is 0.315. The van der Waals surface area contributed by atoms with E-state index in [2.05, 4.69) is 0 Å². The number of amides is 2. The van der Waals surface area contributed by atoms with Crippen LogP contribution >= 0.6 is 0 Å². The van der Waals surface area contributed by atoms with Crippen molar-refractivity contribution in [1.29, 1.82) is 0 Å². The van der Waals surface area contributed by atoms with Crippen molar-refractivity contribution in [3.05, 3.63) is 35.9 Å². The van der Waals surface area contributed by atoms with Crippen LogP contribution in [0.3, 0.4) is 0 Å². The molecule has 1 aromatic carbocycles. The second-order valence-electron chi connectivity index (χ2n) is 6.00. The van der Waals surface area contributed by atoms with Gasteiger partial charge in [-0.05, 0) is 5.56 Å². The molecular formula is C17H21N3O8. The Balaban J connectivity index is 3.29. The largest absolute Gasteiger partial charge is 0.481 e. The molecule has 1 rings (SSSR count). The number of rotatable bonds is 10. The molecule has 1 aromatic rings. The molecule has 11 heteroatoms. The van der Waals surface area contributed by atoms with E-state index in [1.165, 1.54) is 0 Å². The van der Waals surface area contributed by atoms with Gasteiger partial charge in [0.15, 0.2) is 0 Å². The van der Waals surface area contributed by atoms with E-state index in [4.69, 9.17) is 21.7 Å². The Morgan fingerprint density at radius 3 is 1.61 bits per heavy atom. The average molecular weight is 395 g/mol. The van der Waals surface area contributed by atoms with Crippen molar-refractivity contribution in [2.45, 2.75) is 37.4 Å². The molecule has 11 nitrogen and oxygen atoms in total. The van der Waals surface area contributed by atoms with Gasteiger partial charge in [0.2, 0.25) is 11.8 Å². The van der Waals surface area contributed by atoms with Crippen molar-refractivity contribution in [1.82, 2.24) is 4.90 Å². The van der Waals surface area contributed by atoms with Crippen LogP contribution in [0.5, 0.6) is 0 Å². The third-order valence-electron chi connectivity index (χ3n) is 3.77. The van der Waals surface area contributed by atoms with Crippen LogP contribution in [0.1, 0.15) is 18.4 Å². The smallest absolute Gasteiger partial charge is 0.327 e. The average Bonchev–Trinajstić information content (AvgIpc) is 2.60. The zero-order valence-electron chi connectivity index (χ0n) is 14.7. The predicted molar refractivity (Wildman–Crippen MR) is 93.9 cm³/mol. The molecule has 2 amide bonds. The number of carbonyl (C=O) groups is 5. The fraction of sp³-hybridized carbons (Fsp3) is 0.353. The molecule has 0 spiro atoms. The summed E-state index contributed by atoms with van der Waals surface area (Å²) in [5.74, 6) is -6.96. The highest BCUT2D eigenvalue weighted by Gasteiger charge is 2.40. The number of hydrogen-bond donors (Lipinski definition) is 5. The van der Waals surface area contributed by atoms with Crippen LogP contribution in [-0.4, -0.2) is 68.1 Å². The van der Waals surface area contributed by atoms with E-state index >= 15 is 0 Å². The molecule has 0 aliphatic carbocycles. The topological polar surface area (TPSA) is 201 Å². The first-order valence-electron chi connectivity index (χ1n) is 8.13. The number of imide groups is 1. The molecule has 28 heavy (non-hydrogen) atoms. The fourth-order valence-corrected chi connectivity index (χ4v) is 2.45. The van der Waals surface area contributed by atoms with Crippen molar-refractivity contribution in [2.24, 2.45) is 11.5 Å². The minimum atomic E-state index is -1.75. The summed E-state index contributed by atoms with van der Waals surface area (Å²) in [7, 11) is 0. The van der Waals surface area contributed by atoms with E-state index in [-0.39, 0.29) is 11.3 Å². The molecule has 0 fully saturated rings. The normalized spacial score (nSPS) is 13.8. The number of carbonyl (C=O) groups excluding carboxylic acids is 2. The van der Waals surface area contributed by atoms with E-state index < -0.39 is 60.7 Å². The summed E-state index contributed by atoms with van der Waals surface area (Å²) in [5, 5.41) is 27.2. The number of carboxylic acid groups (broad SMARTS) is 3. The molecule has 0 aliphatic heterocycles. The van der Waals surface area contributed by atoms with E-state index in [9.17, 15) is 29.1 Å². The SMILES string of the molecule is N[C@@H](CC(=O)O)C(=O)N(C(=O)[C@@H](N)CC(=O)O)[C@@H](Cc1ccccc1)C(=O)O. The highest BCUT2D eigenvalue weighted by Crippen LogP contribution is 2.14. The second kappa shape index (κ2) is 10.1. The highest BCUT2D eigenvalue weighted by atomic mass is 16.4. The Morgan fingerprint density at radius 2 is 1.25 bits per heavy atom. The van der Waals surface area contributed by atoms with Crippen LogP contribution in [-0.2, 0) is 30.4 Å². The summed E-state index contributed by atoms with van der Waals surface area (Å²) >= 11 is 0. The first-order chi connectivity index (χ1) is 13.0. The number of aliphatic carboxylic acids is 3. The summed E-state index contributed by atoms with van der Waals surface area (Å²) < 4.78 is 0. The maximum absolute atomic E-state index is 12.6. The monoisotopic (exact) mass is 395 g/mol. The van der Waals surface area contributed by atoms with E-state index in [1.807, 2.05) is 0 Å². The molecule has 0 saturated heterocycles. The van der Waals surface area contributed by atoms with Gasteiger partial charge in [-0.3, -0.25) is 24.1 Å². The van der Waals surface area contributed by atoms with Gasteiger partial charge in [0.05, 0.1) is 24.9 Å². The molecule has 0 bridgehead atoms. The minimum absolute atomic E-state index is 0.260. The summed E-state index contributed by atoms with van der Waals surface area (Å²) in [6.07, 6.45) is -2.00. The summed E-state index contributed by atoms with van der Waals surface area (Å²) in [5.41, 5.74) is 11.5. The number of carboxylic acids is 3. The number of nitrogens with two attached hydrogens (primary N) is 2. The van der Waals surface area contributed by atoms with Crippen LogP contribution in [0.2, 0.25) is 0 Å². The number of benzene rings is 1. The van der Waals surface area contributed by atoms with Crippen molar-refractivity contribution >= 4 is 29.7 Å². The molecule has 0 unspecified atom stereocenters. The Hall–Kier alpha value is -3.31. The highest BCUT2D eigenvalue weighted by molar-refractivity contribution is 6.04.